The summed E-state index contributed by atoms with van der Waals surface area (Å²) in [7, 11) is 5.57. The van der Waals surface area contributed by atoms with Gasteiger partial charge in [0.2, 0.25) is 0 Å². The van der Waals surface area contributed by atoms with Gasteiger partial charge >= 0.3 is 5.97 Å². The number of carbonyl (C=O) groups is 2. The van der Waals surface area contributed by atoms with Gasteiger partial charge in [-0.15, -0.1) is 0 Å². The highest BCUT2D eigenvalue weighted by Crippen LogP contribution is 2.19. The van der Waals surface area contributed by atoms with E-state index >= 15 is 0 Å². The average molecular weight is 223 g/mol. The van der Waals surface area contributed by atoms with Crippen LogP contribution in [0.4, 0.5) is 0 Å². The van der Waals surface area contributed by atoms with Crippen LogP contribution in [0.5, 0.6) is 0 Å². The third-order valence-electron chi connectivity index (χ3n) is 2.06. The van der Waals surface area contributed by atoms with E-state index in [1.165, 1.54) is 6.92 Å². The Bertz CT molecular complexity index is 221. The number of halogens is 1. The Balaban J connectivity index is 4.47. The second-order valence-electron chi connectivity index (χ2n) is 4.29. The zero-order valence-electron chi connectivity index (χ0n) is 8.95. The van der Waals surface area contributed by atoms with Crippen LogP contribution in [-0.2, 0) is 9.59 Å². The molecule has 0 aromatic rings. The van der Waals surface area contributed by atoms with Gasteiger partial charge in [-0.05, 0) is 6.92 Å². The number of nitrogens with zero attached hydrogens (tertiary/aromatic N) is 1. The van der Waals surface area contributed by atoms with E-state index in [2.05, 4.69) is 0 Å². The first-order chi connectivity index (χ1) is 6.16. The second-order valence-corrected chi connectivity index (χ2v) is 4.79. The maximum absolute atomic E-state index is 11.0. The lowest BCUT2D eigenvalue weighted by atomic mass is 10.0. The number of carbonyl (C=O) groups excluding carboxylic acids is 1. The SMILES string of the molecule is CC(=O)[C@@H](C[C@@H](Cl)[N+](C)(C)C)C(=O)O. The maximum atomic E-state index is 11.0. The molecule has 0 fully saturated rings. The van der Waals surface area contributed by atoms with Crippen LogP contribution < -0.4 is 0 Å². The number of Topliss-reactive ketones (excluding diaryl/α,β-unsaturated/α-hetero) is 1. The predicted octanol–water partition coefficient (Wildman–Crippen LogP) is 0.937. The van der Waals surface area contributed by atoms with Crippen LogP contribution in [0.15, 0.2) is 0 Å². The van der Waals surface area contributed by atoms with Crippen molar-refractivity contribution in [1.29, 1.82) is 0 Å². The van der Waals surface area contributed by atoms with E-state index in [0.29, 0.717) is 4.48 Å². The molecule has 5 heteroatoms. The Morgan fingerprint density at radius 1 is 1.36 bits per heavy atom. The number of ketones is 1. The second kappa shape index (κ2) is 4.75. The van der Waals surface area contributed by atoms with Crippen molar-refractivity contribution >= 4 is 23.4 Å². The largest absolute Gasteiger partial charge is 0.481 e. The van der Waals surface area contributed by atoms with Crippen molar-refractivity contribution in [2.75, 3.05) is 21.1 Å². The number of alkyl halides is 1. The Labute approximate surface area is 89.0 Å². The molecule has 0 saturated carbocycles. The maximum Gasteiger partial charge on any atom is 0.314 e. The summed E-state index contributed by atoms with van der Waals surface area (Å²) >= 11 is 6.00. The lowest BCUT2D eigenvalue weighted by molar-refractivity contribution is -0.883. The van der Waals surface area contributed by atoms with Crippen LogP contribution in [0.3, 0.4) is 0 Å². The van der Waals surface area contributed by atoms with Crippen LogP contribution in [0.2, 0.25) is 0 Å². The molecule has 0 aliphatic rings. The van der Waals surface area contributed by atoms with E-state index < -0.39 is 11.9 Å². The summed E-state index contributed by atoms with van der Waals surface area (Å²) in [6.07, 6.45) is 0.162. The van der Waals surface area contributed by atoms with Crippen molar-refractivity contribution in [2.24, 2.45) is 5.92 Å². The molecule has 0 rings (SSSR count). The normalized spacial score (nSPS) is 16.1. The van der Waals surface area contributed by atoms with E-state index in [0.717, 1.165) is 0 Å². The summed E-state index contributed by atoms with van der Waals surface area (Å²) < 4.78 is 0.429. The van der Waals surface area contributed by atoms with Crippen molar-refractivity contribution in [3.8, 4) is 0 Å². The van der Waals surface area contributed by atoms with E-state index in [1.54, 1.807) is 0 Å². The number of carboxylic acid groups (broad SMARTS) is 1. The zero-order valence-corrected chi connectivity index (χ0v) is 9.71. The lowest BCUT2D eigenvalue weighted by Crippen LogP contribution is -2.44. The molecule has 0 aliphatic heterocycles. The molecule has 0 amide bonds. The average Bonchev–Trinajstić information content (AvgIpc) is 1.96. The van der Waals surface area contributed by atoms with Gasteiger partial charge in [-0.3, -0.25) is 9.59 Å². The van der Waals surface area contributed by atoms with Gasteiger partial charge in [0.25, 0.3) is 0 Å². The Hall–Kier alpha value is -0.610. The molecule has 0 aromatic carbocycles. The first-order valence-corrected chi connectivity index (χ1v) is 4.78. The lowest BCUT2D eigenvalue weighted by Gasteiger charge is -2.30. The summed E-state index contributed by atoms with van der Waals surface area (Å²) in [6.45, 7) is 1.28. The van der Waals surface area contributed by atoms with Gasteiger partial charge in [0.05, 0.1) is 21.1 Å². The monoisotopic (exact) mass is 222 g/mol. The number of quaternary nitrogens is 1. The van der Waals surface area contributed by atoms with Crippen LogP contribution in [0.25, 0.3) is 0 Å². The predicted molar refractivity (Wildman–Crippen MR) is 54.1 cm³/mol. The van der Waals surface area contributed by atoms with Crippen molar-refractivity contribution in [1.82, 2.24) is 0 Å². The number of hydrogen-bond acceptors (Lipinski definition) is 2. The minimum atomic E-state index is -1.10. The topological polar surface area (TPSA) is 54.4 Å². The molecular weight excluding hydrogens is 206 g/mol. The fraction of sp³-hybridized carbons (Fsp3) is 0.778. The van der Waals surface area contributed by atoms with Crippen molar-refractivity contribution < 1.29 is 19.2 Å². The molecule has 1 N–H and O–H groups in total. The van der Waals surface area contributed by atoms with Crippen molar-refractivity contribution in [2.45, 2.75) is 18.8 Å². The van der Waals surface area contributed by atoms with Crippen LogP contribution in [0.1, 0.15) is 13.3 Å². The summed E-state index contributed by atoms with van der Waals surface area (Å²) in [4.78, 5) is 21.7. The molecule has 0 radical (unpaired) electrons. The van der Waals surface area contributed by atoms with Gasteiger partial charge < -0.3 is 9.59 Å². The van der Waals surface area contributed by atoms with Gasteiger partial charge in [0.1, 0.15) is 11.7 Å². The molecule has 0 spiro atoms. The molecule has 0 aromatic heterocycles. The Kier molecular flexibility index (Phi) is 4.55. The van der Waals surface area contributed by atoms with Crippen LogP contribution >= 0.6 is 11.6 Å². The quantitative estimate of drug-likeness (QED) is 0.326. The summed E-state index contributed by atoms with van der Waals surface area (Å²) in [6, 6.07) is 0. The van der Waals surface area contributed by atoms with Gasteiger partial charge in [-0.2, -0.15) is 0 Å². The molecule has 0 unspecified atom stereocenters. The smallest absolute Gasteiger partial charge is 0.314 e. The Morgan fingerprint density at radius 3 is 2.00 bits per heavy atom. The minimum absolute atomic E-state index is 0.162. The van der Waals surface area contributed by atoms with Gasteiger partial charge in [0.15, 0.2) is 5.50 Å². The fourth-order valence-electron chi connectivity index (χ4n) is 0.951. The van der Waals surface area contributed by atoms with Crippen molar-refractivity contribution in [3.05, 3.63) is 0 Å². The molecule has 14 heavy (non-hydrogen) atoms. The number of carboxylic acids is 1. The first kappa shape index (κ1) is 13.4. The minimum Gasteiger partial charge on any atom is -0.481 e. The van der Waals surface area contributed by atoms with Crippen molar-refractivity contribution in [3.63, 3.8) is 0 Å². The standard InChI is InChI=1S/C9H16ClNO3/c1-6(12)7(9(13)14)5-8(10)11(2,3)4/h7-8H,5H2,1-4H3/p+1/t7-,8+/m1/s1. The summed E-state index contributed by atoms with van der Waals surface area (Å²) in [5.41, 5.74) is -0.375. The Morgan fingerprint density at radius 2 is 1.79 bits per heavy atom. The van der Waals surface area contributed by atoms with Crippen LogP contribution in [0, 0.1) is 5.92 Å². The molecule has 82 valence electrons. The van der Waals surface area contributed by atoms with E-state index in [4.69, 9.17) is 16.7 Å². The highest BCUT2D eigenvalue weighted by molar-refractivity contribution is 6.20. The van der Waals surface area contributed by atoms with Crippen LogP contribution in [-0.4, -0.2) is 48.0 Å². The molecule has 4 nitrogen and oxygen atoms in total. The zero-order chi connectivity index (χ0) is 11.5. The highest BCUT2D eigenvalue weighted by Gasteiger charge is 2.31. The molecular formula is C9H17ClNO3+. The number of aliphatic carboxylic acids is 1. The molecule has 2 atom stereocenters. The fourth-order valence-corrected chi connectivity index (χ4v) is 1.13. The number of rotatable bonds is 5. The molecule has 0 bridgehead atoms. The van der Waals surface area contributed by atoms with Gasteiger partial charge in [0, 0.05) is 6.42 Å². The summed E-state index contributed by atoms with van der Waals surface area (Å²) in [5, 5.41) is 8.77. The first-order valence-electron chi connectivity index (χ1n) is 4.34. The molecule has 0 aliphatic carbocycles. The van der Waals surface area contributed by atoms with E-state index in [-0.39, 0.29) is 17.7 Å². The van der Waals surface area contributed by atoms with Gasteiger partial charge in [-0.1, -0.05) is 11.6 Å². The third-order valence-corrected chi connectivity index (χ3v) is 2.82. The van der Waals surface area contributed by atoms with E-state index in [1.807, 2.05) is 21.1 Å². The van der Waals surface area contributed by atoms with Gasteiger partial charge in [-0.25, -0.2) is 0 Å². The highest BCUT2D eigenvalue weighted by atomic mass is 35.5. The third kappa shape index (κ3) is 4.07. The molecule has 0 heterocycles. The van der Waals surface area contributed by atoms with E-state index in [9.17, 15) is 9.59 Å². The number of hydrogen-bond donors (Lipinski definition) is 1. The summed E-state index contributed by atoms with van der Waals surface area (Å²) in [5.74, 6) is -2.44. The molecule has 0 saturated heterocycles.